The average molecular weight is 861 g/mol. The van der Waals surface area contributed by atoms with Crippen LogP contribution in [0.25, 0.3) is 0 Å². The molecular weight excluding hydrogens is 769 g/mol. The minimum Gasteiger partial charge on any atom is -0.462 e. The van der Waals surface area contributed by atoms with Crippen molar-refractivity contribution >= 4 is 17.9 Å². The summed E-state index contributed by atoms with van der Waals surface area (Å²) in [6.45, 7) is 6.32. The lowest BCUT2D eigenvalue weighted by Crippen LogP contribution is -2.30. The molecule has 0 N–H and O–H groups in total. The number of carbonyl (C=O) groups is 3. The lowest BCUT2D eigenvalue weighted by Gasteiger charge is -2.18. The van der Waals surface area contributed by atoms with Crippen molar-refractivity contribution in [2.24, 2.45) is 0 Å². The van der Waals surface area contributed by atoms with Gasteiger partial charge in [-0.3, -0.25) is 14.4 Å². The van der Waals surface area contributed by atoms with Gasteiger partial charge >= 0.3 is 17.9 Å². The van der Waals surface area contributed by atoms with Gasteiger partial charge in [0.05, 0.1) is 0 Å². The average Bonchev–Trinajstić information content (AvgIpc) is 3.27. The molecule has 0 aliphatic carbocycles. The highest BCUT2D eigenvalue weighted by atomic mass is 16.6. The number of hydrogen-bond acceptors (Lipinski definition) is 6. The van der Waals surface area contributed by atoms with Gasteiger partial charge in [-0.15, -0.1) is 0 Å². The van der Waals surface area contributed by atoms with E-state index in [4.69, 9.17) is 14.2 Å². The number of allylic oxidation sites excluding steroid dienone is 16. The zero-order valence-electron chi connectivity index (χ0n) is 40.1. The Balaban J connectivity index is 4.43. The molecule has 0 aromatic heterocycles. The zero-order valence-corrected chi connectivity index (χ0v) is 40.1. The molecular formula is C56H92O6. The van der Waals surface area contributed by atoms with Crippen molar-refractivity contribution in [3.05, 3.63) is 97.2 Å². The van der Waals surface area contributed by atoms with Crippen molar-refractivity contribution in [2.45, 2.75) is 226 Å². The Morgan fingerprint density at radius 2 is 0.661 bits per heavy atom. The molecule has 0 fully saturated rings. The van der Waals surface area contributed by atoms with E-state index >= 15 is 0 Å². The fourth-order valence-corrected chi connectivity index (χ4v) is 6.62. The quantitative estimate of drug-likeness (QED) is 0.0263. The van der Waals surface area contributed by atoms with Crippen LogP contribution >= 0.6 is 0 Å². The van der Waals surface area contributed by atoms with Crippen molar-refractivity contribution < 1.29 is 28.6 Å². The summed E-state index contributed by atoms with van der Waals surface area (Å²) in [6, 6.07) is 0. The van der Waals surface area contributed by atoms with Gasteiger partial charge in [0.1, 0.15) is 13.2 Å². The zero-order chi connectivity index (χ0) is 45.1. The molecule has 1 atom stereocenters. The summed E-state index contributed by atoms with van der Waals surface area (Å²) in [7, 11) is 0. The van der Waals surface area contributed by atoms with Gasteiger partial charge in [0.2, 0.25) is 0 Å². The van der Waals surface area contributed by atoms with Crippen LogP contribution in [0, 0.1) is 0 Å². The third-order valence-corrected chi connectivity index (χ3v) is 10.3. The molecule has 1 unspecified atom stereocenters. The molecule has 0 heterocycles. The van der Waals surface area contributed by atoms with Crippen molar-refractivity contribution in [1.29, 1.82) is 0 Å². The molecule has 0 bridgehead atoms. The van der Waals surface area contributed by atoms with Crippen LogP contribution in [0.3, 0.4) is 0 Å². The van der Waals surface area contributed by atoms with Crippen LogP contribution in [0.4, 0.5) is 0 Å². The van der Waals surface area contributed by atoms with Crippen molar-refractivity contribution in [2.75, 3.05) is 13.2 Å². The summed E-state index contributed by atoms with van der Waals surface area (Å²) in [6.07, 6.45) is 65.5. The Hall–Kier alpha value is -3.67. The predicted molar refractivity (Wildman–Crippen MR) is 265 cm³/mol. The molecule has 0 aliphatic rings. The number of carbonyl (C=O) groups excluding carboxylic acids is 3. The molecule has 0 radical (unpaired) electrons. The maximum atomic E-state index is 12.7. The molecule has 62 heavy (non-hydrogen) atoms. The first-order valence-electron chi connectivity index (χ1n) is 25.2. The van der Waals surface area contributed by atoms with E-state index < -0.39 is 12.1 Å². The SMILES string of the molecule is CC/C=C\C/C=C\C/C=C\C/C=C\C/C=C\CCC(=O)OC(COC(=O)CCCCCCCCCCC)COC(=O)CCCCCCCCCCC/C=C\C/C=C\C/C=C\CC. The van der Waals surface area contributed by atoms with E-state index in [0.717, 1.165) is 89.9 Å². The van der Waals surface area contributed by atoms with E-state index in [-0.39, 0.29) is 31.6 Å². The molecule has 0 rings (SSSR count). The third kappa shape index (κ3) is 47.4. The Morgan fingerprint density at radius 1 is 0.339 bits per heavy atom. The number of ether oxygens (including phenoxy) is 3. The minimum atomic E-state index is -0.817. The Morgan fingerprint density at radius 3 is 1.05 bits per heavy atom. The lowest BCUT2D eigenvalue weighted by atomic mass is 10.1. The van der Waals surface area contributed by atoms with Crippen LogP contribution < -0.4 is 0 Å². The lowest BCUT2D eigenvalue weighted by molar-refractivity contribution is -0.166. The van der Waals surface area contributed by atoms with E-state index in [1.54, 1.807) is 0 Å². The van der Waals surface area contributed by atoms with Crippen LogP contribution in [-0.4, -0.2) is 37.2 Å². The molecule has 352 valence electrons. The van der Waals surface area contributed by atoms with Crippen LogP contribution in [0.1, 0.15) is 220 Å². The maximum absolute atomic E-state index is 12.7. The fourth-order valence-electron chi connectivity index (χ4n) is 6.62. The maximum Gasteiger partial charge on any atom is 0.306 e. The summed E-state index contributed by atoms with van der Waals surface area (Å²) in [4.78, 5) is 37.8. The highest BCUT2D eigenvalue weighted by Crippen LogP contribution is 2.14. The summed E-state index contributed by atoms with van der Waals surface area (Å²) >= 11 is 0. The summed E-state index contributed by atoms with van der Waals surface area (Å²) in [5.74, 6) is -1.00. The summed E-state index contributed by atoms with van der Waals surface area (Å²) < 4.78 is 16.7. The van der Waals surface area contributed by atoms with Crippen molar-refractivity contribution in [1.82, 2.24) is 0 Å². The van der Waals surface area contributed by atoms with Crippen LogP contribution in [0.5, 0.6) is 0 Å². The van der Waals surface area contributed by atoms with E-state index in [1.165, 1.54) is 83.5 Å². The second-order valence-electron chi connectivity index (χ2n) is 16.3. The molecule has 0 saturated carbocycles. The monoisotopic (exact) mass is 861 g/mol. The van der Waals surface area contributed by atoms with Crippen LogP contribution in [0.15, 0.2) is 97.2 Å². The number of rotatable bonds is 44. The number of esters is 3. The van der Waals surface area contributed by atoms with Gasteiger partial charge in [0, 0.05) is 19.3 Å². The molecule has 0 amide bonds. The Labute approximate surface area is 381 Å². The van der Waals surface area contributed by atoms with Gasteiger partial charge in [-0.05, 0) is 83.5 Å². The molecule has 6 nitrogen and oxygen atoms in total. The molecule has 0 aromatic carbocycles. The molecule has 6 heteroatoms. The predicted octanol–water partition coefficient (Wildman–Crippen LogP) is 16.6. The third-order valence-electron chi connectivity index (χ3n) is 10.3. The van der Waals surface area contributed by atoms with Gasteiger partial charge in [0.15, 0.2) is 6.10 Å². The number of unbranched alkanes of at least 4 members (excludes halogenated alkanes) is 17. The normalized spacial score (nSPS) is 12.9. The molecule has 0 saturated heterocycles. The van der Waals surface area contributed by atoms with Crippen LogP contribution in [0.2, 0.25) is 0 Å². The summed E-state index contributed by atoms with van der Waals surface area (Å²) in [5.41, 5.74) is 0. The van der Waals surface area contributed by atoms with Crippen molar-refractivity contribution in [3.63, 3.8) is 0 Å². The van der Waals surface area contributed by atoms with Gasteiger partial charge in [-0.2, -0.15) is 0 Å². The second-order valence-corrected chi connectivity index (χ2v) is 16.3. The van der Waals surface area contributed by atoms with E-state index in [9.17, 15) is 14.4 Å². The van der Waals surface area contributed by atoms with Gasteiger partial charge in [-0.1, -0.05) is 214 Å². The standard InChI is InChI=1S/C56H92O6/c1-4-7-10-13-16-19-21-23-25-27-28-29-31-32-34-37-40-43-46-49-55(58)61-52-53(51-60-54(57)48-45-42-39-36-18-15-12-9-6-3)62-56(59)50-47-44-41-38-35-33-30-26-24-22-20-17-14-11-8-5-2/h7-8,10-11,16-17,19-20,23-26,33,35,41,44,53H,4-6,9,12-15,18,21-22,27-32,34,36-40,42-43,45-52H2,1-3H3/b10-7-,11-8-,19-16-,20-17-,25-23-,26-24-,35-33-,44-41-. The van der Waals surface area contributed by atoms with E-state index in [2.05, 4.69) is 106 Å². The Kier molecular flexibility index (Phi) is 47.0. The first-order chi connectivity index (χ1) is 30.5. The molecule has 0 aromatic rings. The van der Waals surface area contributed by atoms with Crippen LogP contribution in [-0.2, 0) is 28.6 Å². The highest BCUT2D eigenvalue weighted by Gasteiger charge is 2.19. The molecule has 0 spiro atoms. The Bertz CT molecular complexity index is 1260. The smallest absolute Gasteiger partial charge is 0.306 e. The number of hydrogen-bond donors (Lipinski definition) is 0. The first-order valence-corrected chi connectivity index (χ1v) is 25.2. The first kappa shape index (κ1) is 58.3. The second kappa shape index (κ2) is 50.0. The highest BCUT2D eigenvalue weighted by molar-refractivity contribution is 5.71. The van der Waals surface area contributed by atoms with Crippen molar-refractivity contribution in [3.8, 4) is 0 Å². The minimum absolute atomic E-state index is 0.108. The fraction of sp³-hybridized carbons (Fsp3) is 0.661. The topological polar surface area (TPSA) is 78.9 Å². The summed E-state index contributed by atoms with van der Waals surface area (Å²) in [5, 5.41) is 0. The van der Waals surface area contributed by atoms with E-state index in [1.807, 2.05) is 12.2 Å². The van der Waals surface area contributed by atoms with E-state index in [0.29, 0.717) is 19.3 Å². The molecule has 0 aliphatic heterocycles. The van der Waals surface area contributed by atoms with Gasteiger partial charge < -0.3 is 14.2 Å². The largest absolute Gasteiger partial charge is 0.462 e. The van der Waals surface area contributed by atoms with Gasteiger partial charge in [0.25, 0.3) is 0 Å². The van der Waals surface area contributed by atoms with Gasteiger partial charge in [-0.25, -0.2) is 0 Å².